The standard InChI is InChI=1S/C7H13N2O2/c10-5-7(11)9-6-1-3-8-4-2-6/h6,10H,1-5H2,(H,9,11). The lowest BCUT2D eigenvalue weighted by atomic mass is 10.1. The van der Waals surface area contributed by atoms with Crippen molar-refractivity contribution in [2.75, 3.05) is 19.7 Å². The van der Waals surface area contributed by atoms with Crippen LogP contribution in [0.15, 0.2) is 0 Å². The number of aliphatic hydroxyl groups excluding tert-OH is 1. The summed E-state index contributed by atoms with van der Waals surface area (Å²) < 4.78 is 0. The van der Waals surface area contributed by atoms with Gasteiger partial charge in [0, 0.05) is 19.1 Å². The van der Waals surface area contributed by atoms with Crippen LogP contribution in [0.5, 0.6) is 0 Å². The molecule has 0 aromatic rings. The molecule has 4 heteroatoms. The maximum Gasteiger partial charge on any atom is 0.245 e. The highest BCUT2D eigenvalue weighted by atomic mass is 16.3. The number of carbonyl (C=O) groups is 1. The summed E-state index contributed by atoms with van der Waals surface area (Å²) in [7, 11) is 0. The van der Waals surface area contributed by atoms with Gasteiger partial charge in [-0.15, -0.1) is 0 Å². The summed E-state index contributed by atoms with van der Waals surface area (Å²) in [5.74, 6) is -0.281. The van der Waals surface area contributed by atoms with E-state index >= 15 is 0 Å². The van der Waals surface area contributed by atoms with Gasteiger partial charge in [0.1, 0.15) is 6.61 Å². The molecule has 0 atom stereocenters. The molecule has 1 heterocycles. The highest BCUT2D eigenvalue weighted by Gasteiger charge is 2.14. The van der Waals surface area contributed by atoms with Crippen LogP contribution in [0.3, 0.4) is 0 Å². The Bertz CT molecular complexity index is 132. The third-order valence-electron chi connectivity index (χ3n) is 1.78. The van der Waals surface area contributed by atoms with Gasteiger partial charge in [-0.3, -0.25) is 4.79 Å². The molecule has 0 bridgehead atoms. The Hall–Kier alpha value is -0.610. The minimum absolute atomic E-state index is 0.229. The van der Waals surface area contributed by atoms with Crippen molar-refractivity contribution >= 4 is 5.91 Å². The van der Waals surface area contributed by atoms with Crippen molar-refractivity contribution in [3.8, 4) is 0 Å². The molecule has 0 saturated carbocycles. The van der Waals surface area contributed by atoms with Crippen LogP contribution in [-0.4, -0.2) is 36.8 Å². The SMILES string of the molecule is O=C(CO)NC1CC[N]CC1. The first-order chi connectivity index (χ1) is 5.33. The van der Waals surface area contributed by atoms with E-state index in [0.29, 0.717) is 0 Å². The van der Waals surface area contributed by atoms with Crippen LogP contribution in [0.4, 0.5) is 0 Å². The number of nitrogens with zero attached hydrogens (tertiary/aromatic N) is 1. The van der Waals surface area contributed by atoms with Gasteiger partial charge in [0.15, 0.2) is 0 Å². The third-order valence-corrected chi connectivity index (χ3v) is 1.78. The second-order valence-corrected chi connectivity index (χ2v) is 2.67. The number of nitrogens with one attached hydrogen (secondary N) is 1. The van der Waals surface area contributed by atoms with Gasteiger partial charge >= 0.3 is 0 Å². The zero-order chi connectivity index (χ0) is 8.10. The van der Waals surface area contributed by atoms with Crippen molar-refractivity contribution in [2.45, 2.75) is 18.9 Å². The van der Waals surface area contributed by atoms with E-state index in [1.807, 2.05) is 0 Å². The molecule has 0 aliphatic carbocycles. The Balaban J connectivity index is 2.19. The lowest BCUT2D eigenvalue weighted by molar-refractivity contribution is -0.124. The number of aliphatic hydroxyl groups is 1. The van der Waals surface area contributed by atoms with Crippen molar-refractivity contribution in [3.63, 3.8) is 0 Å². The van der Waals surface area contributed by atoms with Crippen molar-refractivity contribution in [1.82, 2.24) is 10.6 Å². The Morgan fingerprint density at radius 2 is 2.18 bits per heavy atom. The van der Waals surface area contributed by atoms with Crippen LogP contribution in [-0.2, 0) is 4.79 Å². The summed E-state index contributed by atoms with van der Waals surface area (Å²) >= 11 is 0. The third kappa shape index (κ3) is 2.86. The van der Waals surface area contributed by atoms with Crippen LogP contribution in [0.25, 0.3) is 0 Å². The van der Waals surface area contributed by atoms with Gasteiger partial charge in [0.05, 0.1) is 0 Å². The molecular weight excluding hydrogens is 144 g/mol. The van der Waals surface area contributed by atoms with E-state index < -0.39 is 6.61 Å². The van der Waals surface area contributed by atoms with Gasteiger partial charge in [-0.1, -0.05) is 0 Å². The summed E-state index contributed by atoms with van der Waals surface area (Å²) in [6.45, 7) is 1.25. The Kier molecular flexibility index (Phi) is 3.32. The number of hydrogen-bond acceptors (Lipinski definition) is 2. The van der Waals surface area contributed by atoms with Crippen molar-refractivity contribution in [1.29, 1.82) is 0 Å². The molecule has 4 nitrogen and oxygen atoms in total. The quantitative estimate of drug-likeness (QED) is 0.532. The summed E-state index contributed by atoms with van der Waals surface area (Å²) in [4.78, 5) is 10.7. The van der Waals surface area contributed by atoms with Crippen LogP contribution in [0.1, 0.15) is 12.8 Å². The number of carbonyl (C=O) groups excluding carboxylic acids is 1. The number of amides is 1. The smallest absolute Gasteiger partial charge is 0.245 e. The first-order valence-corrected chi connectivity index (χ1v) is 3.86. The highest BCUT2D eigenvalue weighted by Crippen LogP contribution is 2.02. The summed E-state index contributed by atoms with van der Waals surface area (Å²) in [6, 6.07) is 0.229. The van der Waals surface area contributed by atoms with E-state index in [2.05, 4.69) is 10.6 Å². The zero-order valence-electron chi connectivity index (χ0n) is 6.42. The fourth-order valence-electron chi connectivity index (χ4n) is 1.17. The molecule has 1 fully saturated rings. The molecule has 0 spiro atoms. The average molecular weight is 157 g/mol. The Labute approximate surface area is 66.0 Å². The Morgan fingerprint density at radius 1 is 1.55 bits per heavy atom. The first-order valence-electron chi connectivity index (χ1n) is 3.86. The van der Waals surface area contributed by atoms with Crippen molar-refractivity contribution in [2.24, 2.45) is 0 Å². The fourth-order valence-corrected chi connectivity index (χ4v) is 1.17. The van der Waals surface area contributed by atoms with Gasteiger partial charge in [-0.2, -0.15) is 0 Å². The minimum atomic E-state index is -0.409. The maximum atomic E-state index is 10.7. The van der Waals surface area contributed by atoms with E-state index in [0.717, 1.165) is 25.9 Å². The van der Waals surface area contributed by atoms with Crippen LogP contribution in [0.2, 0.25) is 0 Å². The van der Waals surface area contributed by atoms with Crippen LogP contribution >= 0.6 is 0 Å². The predicted octanol–water partition coefficient (Wildman–Crippen LogP) is -1.14. The molecule has 63 valence electrons. The number of rotatable bonds is 2. The lowest BCUT2D eigenvalue weighted by Crippen LogP contribution is -2.41. The minimum Gasteiger partial charge on any atom is -0.387 e. The molecule has 1 aliphatic rings. The van der Waals surface area contributed by atoms with Gasteiger partial charge in [-0.25, -0.2) is 5.32 Å². The van der Waals surface area contributed by atoms with Crippen molar-refractivity contribution < 1.29 is 9.90 Å². The van der Waals surface area contributed by atoms with E-state index in [1.54, 1.807) is 0 Å². The molecule has 1 aliphatic heterocycles. The zero-order valence-corrected chi connectivity index (χ0v) is 6.42. The van der Waals surface area contributed by atoms with E-state index in [9.17, 15) is 4.79 Å². The summed E-state index contributed by atoms with van der Waals surface area (Å²) in [5.41, 5.74) is 0. The van der Waals surface area contributed by atoms with Gasteiger partial charge in [0.2, 0.25) is 5.91 Å². The molecule has 0 unspecified atom stereocenters. The predicted molar refractivity (Wildman–Crippen MR) is 40.1 cm³/mol. The molecule has 1 radical (unpaired) electrons. The molecule has 1 amide bonds. The van der Waals surface area contributed by atoms with E-state index in [4.69, 9.17) is 5.11 Å². The molecule has 0 aromatic carbocycles. The van der Waals surface area contributed by atoms with Crippen molar-refractivity contribution in [3.05, 3.63) is 0 Å². The highest BCUT2D eigenvalue weighted by molar-refractivity contribution is 5.77. The lowest BCUT2D eigenvalue weighted by Gasteiger charge is -2.21. The van der Waals surface area contributed by atoms with Gasteiger partial charge < -0.3 is 10.4 Å². The van der Waals surface area contributed by atoms with Gasteiger partial charge in [-0.05, 0) is 12.8 Å². The van der Waals surface area contributed by atoms with Crippen LogP contribution in [0, 0.1) is 0 Å². The van der Waals surface area contributed by atoms with E-state index in [-0.39, 0.29) is 11.9 Å². The first kappa shape index (κ1) is 8.49. The molecule has 1 saturated heterocycles. The Morgan fingerprint density at radius 3 is 2.73 bits per heavy atom. The van der Waals surface area contributed by atoms with E-state index in [1.165, 1.54) is 0 Å². The second-order valence-electron chi connectivity index (χ2n) is 2.67. The molecular formula is C7H13N2O2. The topological polar surface area (TPSA) is 63.4 Å². The summed E-state index contributed by atoms with van der Waals surface area (Å²) in [6.07, 6.45) is 1.82. The van der Waals surface area contributed by atoms with Crippen LogP contribution < -0.4 is 10.6 Å². The molecule has 11 heavy (non-hydrogen) atoms. The number of hydrogen-bond donors (Lipinski definition) is 2. The maximum absolute atomic E-state index is 10.7. The second kappa shape index (κ2) is 4.31. The molecule has 0 aromatic heterocycles. The largest absolute Gasteiger partial charge is 0.387 e. The average Bonchev–Trinajstić information content (AvgIpc) is 2.06. The van der Waals surface area contributed by atoms with Gasteiger partial charge in [0.25, 0.3) is 0 Å². The molecule has 2 N–H and O–H groups in total. The number of piperidine rings is 1. The monoisotopic (exact) mass is 157 g/mol. The fraction of sp³-hybridized carbons (Fsp3) is 0.857. The normalized spacial score (nSPS) is 19.7. The summed E-state index contributed by atoms with van der Waals surface area (Å²) in [5, 5.41) is 15.3. The molecule has 1 rings (SSSR count).